The number of para-hydroxylation sites is 1. The quantitative estimate of drug-likeness (QED) is 0.593. The van der Waals surface area contributed by atoms with Gasteiger partial charge in [-0.3, -0.25) is 10.1 Å². The largest absolute Gasteiger partial charge is 0.492 e. The van der Waals surface area contributed by atoms with E-state index in [9.17, 15) is 22.9 Å². The van der Waals surface area contributed by atoms with E-state index in [1.54, 1.807) is 12.1 Å². The number of hydrogen-bond acceptors (Lipinski definition) is 5. The van der Waals surface area contributed by atoms with Crippen LogP contribution in [-0.4, -0.2) is 26.0 Å². The molecular weight excluding hydrogens is 419 g/mol. The summed E-state index contributed by atoms with van der Waals surface area (Å²) in [6.45, 7) is 0.0897. The summed E-state index contributed by atoms with van der Waals surface area (Å²) >= 11 is 2.85. The van der Waals surface area contributed by atoms with Gasteiger partial charge >= 0.3 is 0 Å². The molecule has 0 saturated heterocycles. The molecule has 2 aromatic rings. The number of benzene rings is 2. The highest BCUT2D eigenvalue weighted by Crippen LogP contribution is 2.31. The van der Waals surface area contributed by atoms with Gasteiger partial charge in [-0.2, -0.15) is 0 Å². The SMILES string of the molecule is O=[N+]([O-])c1cc(F)c(Br)cc1S(=O)(=O)N[C@H]1COc2ccccc2C1. The Morgan fingerprint density at radius 1 is 1.32 bits per heavy atom. The molecular formula is C15H12BrFN2O5S. The van der Waals surface area contributed by atoms with Crippen LogP contribution in [0.4, 0.5) is 10.1 Å². The van der Waals surface area contributed by atoms with Gasteiger partial charge in [-0.15, -0.1) is 0 Å². The van der Waals surface area contributed by atoms with Crippen LogP contribution in [-0.2, 0) is 16.4 Å². The Balaban J connectivity index is 1.91. The molecule has 3 rings (SSSR count). The number of nitrogens with one attached hydrogen (secondary N) is 1. The van der Waals surface area contributed by atoms with Crippen molar-refractivity contribution >= 4 is 31.6 Å². The number of ether oxygens (including phenoxy) is 1. The van der Waals surface area contributed by atoms with Crippen molar-refractivity contribution < 1.29 is 22.5 Å². The summed E-state index contributed by atoms with van der Waals surface area (Å²) < 4.78 is 46.4. The predicted octanol–water partition coefficient (Wildman–Crippen LogP) is 2.78. The van der Waals surface area contributed by atoms with Crippen LogP contribution in [0.3, 0.4) is 0 Å². The molecule has 0 unspecified atom stereocenters. The van der Waals surface area contributed by atoms with Gasteiger partial charge in [-0.1, -0.05) is 18.2 Å². The first-order valence-corrected chi connectivity index (χ1v) is 9.42. The van der Waals surface area contributed by atoms with E-state index >= 15 is 0 Å². The maximum atomic E-state index is 13.5. The molecule has 1 atom stereocenters. The second kappa shape index (κ2) is 6.70. The van der Waals surface area contributed by atoms with E-state index in [-0.39, 0.29) is 11.1 Å². The zero-order valence-electron chi connectivity index (χ0n) is 12.6. The fourth-order valence-corrected chi connectivity index (χ4v) is 4.46. The predicted molar refractivity (Wildman–Crippen MR) is 90.5 cm³/mol. The normalized spacial score (nSPS) is 16.8. The molecule has 1 N–H and O–H groups in total. The summed E-state index contributed by atoms with van der Waals surface area (Å²) in [7, 11) is -4.25. The van der Waals surface area contributed by atoms with Crippen molar-refractivity contribution in [3.05, 3.63) is 62.4 Å². The monoisotopic (exact) mass is 430 g/mol. The number of hydrogen-bond donors (Lipinski definition) is 1. The third-order valence-corrected chi connectivity index (χ3v) is 5.85. The van der Waals surface area contributed by atoms with Gasteiger partial charge < -0.3 is 4.74 Å². The van der Waals surface area contributed by atoms with Crippen molar-refractivity contribution in [3.63, 3.8) is 0 Å². The summed E-state index contributed by atoms with van der Waals surface area (Å²) in [5.41, 5.74) is 0.00145. The van der Waals surface area contributed by atoms with Crippen LogP contribution in [0.1, 0.15) is 5.56 Å². The summed E-state index contributed by atoms with van der Waals surface area (Å²) in [6, 6.07) is 8.07. The van der Waals surface area contributed by atoms with E-state index in [0.29, 0.717) is 18.2 Å². The van der Waals surface area contributed by atoms with Gasteiger partial charge in [0.2, 0.25) is 10.0 Å². The molecule has 0 spiro atoms. The maximum absolute atomic E-state index is 13.5. The lowest BCUT2D eigenvalue weighted by molar-refractivity contribution is -0.388. The Bertz CT molecular complexity index is 951. The smallest absolute Gasteiger partial charge is 0.292 e. The maximum Gasteiger partial charge on any atom is 0.292 e. The number of nitro benzene ring substituents is 1. The van der Waals surface area contributed by atoms with E-state index in [2.05, 4.69) is 20.7 Å². The van der Waals surface area contributed by atoms with Crippen LogP contribution in [0.15, 0.2) is 45.8 Å². The molecule has 25 heavy (non-hydrogen) atoms. The van der Waals surface area contributed by atoms with Gasteiger partial charge in [0.25, 0.3) is 5.69 Å². The third-order valence-electron chi connectivity index (χ3n) is 3.69. The second-order valence-corrected chi connectivity index (χ2v) is 7.97. The fourth-order valence-electron chi connectivity index (χ4n) is 2.56. The molecule has 1 aliphatic heterocycles. The van der Waals surface area contributed by atoms with Crippen molar-refractivity contribution in [3.8, 4) is 5.75 Å². The van der Waals surface area contributed by atoms with Crippen LogP contribution >= 0.6 is 15.9 Å². The average molecular weight is 431 g/mol. The molecule has 1 heterocycles. The molecule has 0 aliphatic carbocycles. The molecule has 0 fully saturated rings. The lowest BCUT2D eigenvalue weighted by atomic mass is 10.0. The highest BCUT2D eigenvalue weighted by molar-refractivity contribution is 9.10. The summed E-state index contributed by atoms with van der Waals surface area (Å²) in [4.78, 5) is 9.55. The van der Waals surface area contributed by atoms with Crippen molar-refractivity contribution in [2.75, 3.05) is 6.61 Å². The summed E-state index contributed by atoms with van der Waals surface area (Å²) in [5.74, 6) is -0.242. The minimum atomic E-state index is -4.25. The van der Waals surface area contributed by atoms with Crippen LogP contribution in [0.5, 0.6) is 5.75 Å². The van der Waals surface area contributed by atoms with Crippen molar-refractivity contribution in [2.45, 2.75) is 17.4 Å². The van der Waals surface area contributed by atoms with Crippen molar-refractivity contribution in [1.29, 1.82) is 0 Å². The highest BCUT2D eigenvalue weighted by atomic mass is 79.9. The number of halogens is 2. The second-order valence-electron chi connectivity index (χ2n) is 5.43. The Kier molecular flexibility index (Phi) is 4.76. The number of fused-ring (bicyclic) bond motifs is 1. The van der Waals surface area contributed by atoms with Gasteiger partial charge in [0.05, 0.1) is 21.5 Å². The zero-order chi connectivity index (χ0) is 18.2. The summed E-state index contributed by atoms with van der Waals surface area (Å²) in [6.07, 6.45) is 0.381. The van der Waals surface area contributed by atoms with Crippen molar-refractivity contribution in [2.24, 2.45) is 0 Å². The first-order valence-electron chi connectivity index (χ1n) is 7.14. The Morgan fingerprint density at radius 3 is 2.76 bits per heavy atom. The first-order chi connectivity index (χ1) is 11.8. The standard InChI is InChI=1S/C15H12BrFN2O5S/c16-11-6-15(13(19(20)21)7-12(11)17)25(22,23)18-10-5-9-3-1-2-4-14(9)24-8-10/h1-4,6-7,10,18H,5,8H2/t10-/m1/s1. The molecule has 0 bridgehead atoms. The lowest BCUT2D eigenvalue weighted by Crippen LogP contribution is -2.42. The fraction of sp³-hybridized carbons (Fsp3) is 0.200. The number of rotatable bonds is 4. The van der Waals surface area contributed by atoms with Gasteiger partial charge in [0.15, 0.2) is 4.90 Å². The molecule has 0 amide bonds. The van der Waals surface area contributed by atoms with E-state index in [0.717, 1.165) is 11.6 Å². The summed E-state index contributed by atoms with van der Waals surface area (Å²) in [5, 5.41) is 11.1. The van der Waals surface area contributed by atoms with Crippen LogP contribution in [0, 0.1) is 15.9 Å². The molecule has 0 aromatic heterocycles. The van der Waals surface area contributed by atoms with Crippen molar-refractivity contribution in [1.82, 2.24) is 4.72 Å². The minimum Gasteiger partial charge on any atom is -0.492 e. The topological polar surface area (TPSA) is 98.5 Å². The first kappa shape index (κ1) is 17.8. The molecule has 10 heteroatoms. The van der Waals surface area contributed by atoms with Gasteiger partial charge in [-0.05, 0) is 40.0 Å². The van der Waals surface area contributed by atoms with Crippen LogP contribution in [0.25, 0.3) is 0 Å². The van der Waals surface area contributed by atoms with Gasteiger partial charge in [0, 0.05) is 0 Å². The molecule has 7 nitrogen and oxygen atoms in total. The van der Waals surface area contributed by atoms with E-state index in [1.165, 1.54) is 0 Å². The lowest BCUT2D eigenvalue weighted by Gasteiger charge is -2.25. The van der Waals surface area contributed by atoms with Crippen LogP contribution in [0.2, 0.25) is 0 Å². The minimum absolute atomic E-state index is 0.0897. The number of nitrogens with zero attached hydrogens (tertiary/aromatic N) is 1. The number of sulfonamides is 1. The van der Waals surface area contributed by atoms with Crippen LogP contribution < -0.4 is 9.46 Å². The molecule has 1 aliphatic rings. The van der Waals surface area contributed by atoms with E-state index in [1.807, 2.05) is 12.1 Å². The zero-order valence-corrected chi connectivity index (χ0v) is 15.0. The third kappa shape index (κ3) is 3.65. The van der Waals surface area contributed by atoms with E-state index < -0.39 is 37.4 Å². The Hall–Kier alpha value is -2.04. The number of nitro groups is 1. The molecule has 0 saturated carbocycles. The van der Waals surface area contributed by atoms with Gasteiger partial charge in [-0.25, -0.2) is 17.5 Å². The molecule has 2 aromatic carbocycles. The molecule has 0 radical (unpaired) electrons. The Labute approximate surface area is 151 Å². The molecule has 132 valence electrons. The Morgan fingerprint density at radius 2 is 2.04 bits per heavy atom. The average Bonchev–Trinajstić information content (AvgIpc) is 2.56. The highest BCUT2D eigenvalue weighted by Gasteiger charge is 2.31. The van der Waals surface area contributed by atoms with Gasteiger partial charge in [0.1, 0.15) is 18.2 Å². The van der Waals surface area contributed by atoms with E-state index in [4.69, 9.17) is 4.74 Å².